The van der Waals surface area contributed by atoms with E-state index in [0.29, 0.717) is 42.7 Å². The zero-order valence-electron chi connectivity index (χ0n) is 19.1. The van der Waals surface area contributed by atoms with Crippen LogP contribution in [0, 0.1) is 18.3 Å². The summed E-state index contributed by atoms with van der Waals surface area (Å²) in [6.45, 7) is 8.08. The molecule has 3 aromatic rings. The molecule has 2 fully saturated rings. The van der Waals surface area contributed by atoms with Gasteiger partial charge in [-0.2, -0.15) is 4.58 Å². The van der Waals surface area contributed by atoms with Crippen LogP contribution in [-0.4, -0.2) is 58.5 Å². The van der Waals surface area contributed by atoms with Crippen LogP contribution in [0.3, 0.4) is 0 Å². The van der Waals surface area contributed by atoms with E-state index in [2.05, 4.69) is 22.0 Å². The summed E-state index contributed by atoms with van der Waals surface area (Å²) in [5.74, 6) is 0.862. The standard InChI is InChI=1S/C26H25N5O3/c1-16-3-4-19-20(11-16)30(2)23(29-19)25(33)31-9-6-26(7-10-31)13-18(26)14-28-24(32)21-12-17-5-8-27-15-22(17)34-21/h3-5,8,11-12,15,18H,2,6-7,9-10,13-14H2,1H3/p+1. The molecule has 0 bridgehead atoms. The van der Waals surface area contributed by atoms with Crippen LogP contribution in [0.25, 0.3) is 11.0 Å². The molecule has 3 aliphatic rings. The van der Waals surface area contributed by atoms with Gasteiger partial charge in [-0.1, -0.05) is 6.07 Å². The molecule has 1 aromatic carbocycles. The Morgan fingerprint density at radius 3 is 2.88 bits per heavy atom. The van der Waals surface area contributed by atoms with Gasteiger partial charge in [0, 0.05) is 31.2 Å². The third-order valence-corrected chi connectivity index (χ3v) is 7.56. The Balaban J connectivity index is 1.03. The molecule has 6 rings (SSSR count). The molecule has 1 N–H and O–H groups in total. The third-order valence-electron chi connectivity index (χ3n) is 7.56. The van der Waals surface area contributed by atoms with E-state index < -0.39 is 0 Å². The number of rotatable bonds is 4. The van der Waals surface area contributed by atoms with E-state index in [1.54, 1.807) is 23.0 Å². The van der Waals surface area contributed by atoms with Crippen molar-refractivity contribution in [2.45, 2.75) is 26.2 Å². The molecule has 2 aromatic heterocycles. The minimum atomic E-state index is -0.199. The van der Waals surface area contributed by atoms with Crippen molar-refractivity contribution in [3.05, 3.63) is 54.0 Å². The van der Waals surface area contributed by atoms with E-state index in [1.807, 2.05) is 36.1 Å². The summed E-state index contributed by atoms with van der Waals surface area (Å²) in [6, 6.07) is 9.50. The Morgan fingerprint density at radius 2 is 2.09 bits per heavy atom. The average molecular weight is 457 g/mol. The lowest BCUT2D eigenvalue weighted by molar-refractivity contribution is -0.290. The molecule has 1 unspecified atom stereocenters. The van der Waals surface area contributed by atoms with Crippen molar-refractivity contribution in [3.8, 4) is 0 Å². The number of nitrogens with one attached hydrogen (secondary N) is 1. The van der Waals surface area contributed by atoms with Gasteiger partial charge in [0.05, 0.1) is 12.9 Å². The molecular formula is C26H26N5O3+. The number of aryl methyl sites for hydroxylation is 1. The minimum absolute atomic E-state index is 0.0661. The van der Waals surface area contributed by atoms with Gasteiger partial charge in [0.2, 0.25) is 5.69 Å². The van der Waals surface area contributed by atoms with Gasteiger partial charge < -0.3 is 14.6 Å². The number of furan rings is 1. The zero-order valence-corrected chi connectivity index (χ0v) is 19.1. The highest BCUT2D eigenvalue weighted by Crippen LogP contribution is 2.59. The average Bonchev–Trinajstić information content (AvgIpc) is 3.17. The Morgan fingerprint density at radius 1 is 1.26 bits per heavy atom. The molecular weight excluding hydrogens is 430 g/mol. The van der Waals surface area contributed by atoms with E-state index in [4.69, 9.17) is 4.42 Å². The molecule has 0 radical (unpaired) electrons. The number of aromatic nitrogens is 1. The quantitative estimate of drug-likeness (QED) is 0.608. The first kappa shape index (κ1) is 20.8. The summed E-state index contributed by atoms with van der Waals surface area (Å²) in [6.07, 6.45) is 6.24. The number of carbonyl (C=O) groups is 2. The summed E-state index contributed by atoms with van der Waals surface area (Å²) >= 11 is 0. The maximum Gasteiger partial charge on any atom is 0.394 e. The molecule has 172 valence electrons. The molecule has 8 heteroatoms. The first-order chi connectivity index (χ1) is 16.4. The number of aliphatic imine (C=N–C) groups is 1. The molecule has 1 saturated heterocycles. The van der Waals surface area contributed by atoms with Crippen molar-refractivity contribution < 1.29 is 18.6 Å². The summed E-state index contributed by atoms with van der Waals surface area (Å²) < 4.78 is 7.26. The fraction of sp³-hybridized carbons (Fsp3) is 0.346. The zero-order chi connectivity index (χ0) is 23.4. The van der Waals surface area contributed by atoms with Crippen molar-refractivity contribution in [3.63, 3.8) is 0 Å². The Labute approximate surface area is 197 Å². The van der Waals surface area contributed by atoms with Crippen LogP contribution in [-0.2, 0) is 4.79 Å². The first-order valence-electron chi connectivity index (χ1n) is 11.6. The van der Waals surface area contributed by atoms with Gasteiger partial charge in [0.1, 0.15) is 0 Å². The lowest BCUT2D eigenvalue weighted by Crippen LogP contribution is -2.45. The fourth-order valence-electron chi connectivity index (χ4n) is 5.32. The van der Waals surface area contributed by atoms with Crippen molar-refractivity contribution in [2.24, 2.45) is 16.3 Å². The van der Waals surface area contributed by atoms with E-state index in [9.17, 15) is 9.59 Å². The number of benzene rings is 1. The summed E-state index contributed by atoms with van der Waals surface area (Å²) in [4.78, 5) is 36.2. The van der Waals surface area contributed by atoms with Gasteiger partial charge in [-0.3, -0.25) is 14.6 Å². The van der Waals surface area contributed by atoms with Gasteiger partial charge in [-0.05, 0) is 72.3 Å². The highest BCUT2D eigenvalue weighted by molar-refractivity contribution is 6.36. The second-order valence-electron chi connectivity index (χ2n) is 9.65. The van der Waals surface area contributed by atoms with Crippen LogP contribution in [0.2, 0.25) is 0 Å². The Kier molecular flexibility index (Phi) is 4.65. The maximum absolute atomic E-state index is 13.2. The monoisotopic (exact) mass is 456 g/mol. The SMILES string of the molecule is C=[N+]1C(C(=O)N2CCC3(CC2)CC3CNC(=O)c2cc3ccncc3o2)=Nc2ccc(C)cc21. The Hall–Kier alpha value is -3.81. The molecule has 1 atom stereocenters. The molecule has 2 amide bonds. The number of hydrogen-bond acceptors (Lipinski definition) is 5. The van der Waals surface area contributed by atoms with Crippen molar-refractivity contribution in [1.82, 2.24) is 15.2 Å². The molecule has 1 spiro atoms. The summed E-state index contributed by atoms with van der Waals surface area (Å²) in [7, 11) is 0. The summed E-state index contributed by atoms with van der Waals surface area (Å²) in [5.41, 5.74) is 3.59. The van der Waals surface area contributed by atoms with Crippen LogP contribution in [0.1, 0.15) is 35.4 Å². The topological polar surface area (TPSA) is 90.8 Å². The molecule has 1 aliphatic carbocycles. The van der Waals surface area contributed by atoms with Crippen LogP contribution in [0.4, 0.5) is 11.4 Å². The van der Waals surface area contributed by atoms with Gasteiger partial charge in [0.15, 0.2) is 17.0 Å². The molecule has 4 heterocycles. The fourth-order valence-corrected chi connectivity index (χ4v) is 5.32. The number of nitrogens with zero attached hydrogens (tertiary/aromatic N) is 4. The van der Waals surface area contributed by atoms with Crippen molar-refractivity contribution in [2.75, 3.05) is 19.6 Å². The van der Waals surface area contributed by atoms with E-state index in [1.165, 1.54) is 0 Å². The number of amidine groups is 1. The van der Waals surface area contributed by atoms with Gasteiger partial charge in [0.25, 0.3) is 5.91 Å². The molecule has 2 aliphatic heterocycles. The number of hydrogen-bond donors (Lipinski definition) is 1. The van der Waals surface area contributed by atoms with E-state index in [-0.39, 0.29) is 17.2 Å². The van der Waals surface area contributed by atoms with Gasteiger partial charge in [-0.25, -0.2) is 0 Å². The third kappa shape index (κ3) is 3.41. The number of amides is 2. The van der Waals surface area contributed by atoms with Gasteiger partial charge >= 0.3 is 11.7 Å². The normalized spacial score (nSPS) is 20.4. The number of likely N-dealkylation sites (tertiary alicyclic amines) is 1. The van der Waals surface area contributed by atoms with Gasteiger partial charge in [-0.15, -0.1) is 0 Å². The van der Waals surface area contributed by atoms with Crippen molar-refractivity contribution >= 4 is 46.7 Å². The van der Waals surface area contributed by atoms with E-state index in [0.717, 1.165) is 41.6 Å². The van der Waals surface area contributed by atoms with Crippen LogP contribution in [0.5, 0.6) is 0 Å². The largest absolute Gasteiger partial charge is 0.449 e. The lowest BCUT2D eigenvalue weighted by atomic mass is 9.90. The highest BCUT2D eigenvalue weighted by Gasteiger charge is 2.55. The minimum Gasteiger partial charge on any atom is -0.449 e. The second-order valence-corrected chi connectivity index (χ2v) is 9.65. The number of piperidine rings is 1. The first-order valence-corrected chi connectivity index (χ1v) is 11.6. The van der Waals surface area contributed by atoms with Crippen LogP contribution < -0.4 is 5.32 Å². The van der Waals surface area contributed by atoms with Crippen LogP contribution in [0.15, 0.2) is 52.1 Å². The maximum atomic E-state index is 13.2. The highest BCUT2D eigenvalue weighted by atomic mass is 16.3. The number of pyridine rings is 1. The number of carbonyl (C=O) groups excluding carboxylic acids is 2. The molecule has 1 saturated carbocycles. The predicted octanol–water partition coefficient (Wildman–Crippen LogP) is 3.58. The van der Waals surface area contributed by atoms with Crippen molar-refractivity contribution in [1.29, 1.82) is 0 Å². The number of fused-ring (bicyclic) bond motifs is 2. The summed E-state index contributed by atoms with van der Waals surface area (Å²) in [5, 5.41) is 3.89. The van der Waals surface area contributed by atoms with E-state index >= 15 is 0 Å². The predicted molar refractivity (Wildman–Crippen MR) is 128 cm³/mol. The van der Waals surface area contributed by atoms with Crippen LogP contribution >= 0.6 is 0 Å². The molecule has 8 nitrogen and oxygen atoms in total. The second kappa shape index (κ2) is 7.62. The Bertz CT molecular complexity index is 1350. The lowest BCUT2D eigenvalue weighted by Gasteiger charge is -2.32. The smallest absolute Gasteiger partial charge is 0.394 e. The molecule has 34 heavy (non-hydrogen) atoms.